The van der Waals surface area contributed by atoms with Crippen molar-refractivity contribution in [1.82, 2.24) is 10.3 Å². The maximum absolute atomic E-state index is 14.6. The summed E-state index contributed by atoms with van der Waals surface area (Å²) in [6.07, 6.45) is -1.27. The highest BCUT2D eigenvalue weighted by Gasteiger charge is 2.49. The number of hydrogen-bond acceptors (Lipinski definition) is 7. The number of amides is 2. The highest BCUT2D eigenvalue weighted by atomic mass is 32.2. The summed E-state index contributed by atoms with van der Waals surface area (Å²) in [4.78, 5) is 28.3. The summed E-state index contributed by atoms with van der Waals surface area (Å²) < 4.78 is 28.5. The monoisotopic (exact) mass is 490 g/mol. The topological polar surface area (TPSA) is 104 Å². The summed E-state index contributed by atoms with van der Waals surface area (Å²) in [5.74, 6) is -2.14. The second-order valence-corrected chi connectivity index (χ2v) is 8.82. The fourth-order valence-corrected chi connectivity index (χ4v) is 4.72. The van der Waals surface area contributed by atoms with Crippen molar-refractivity contribution in [2.75, 3.05) is 6.61 Å². The molecule has 11 heteroatoms. The molecule has 2 aromatic rings. The Hall–Kier alpha value is -3.31. The number of rotatable bonds is 7. The number of carbonyl (C=O) groups is 2. The van der Waals surface area contributed by atoms with E-state index < -0.39 is 28.5 Å². The summed E-state index contributed by atoms with van der Waals surface area (Å²) >= 11 is 1.05. The van der Waals surface area contributed by atoms with Gasteiger partial charge in [0.25, 0.3) is 5.91 Å². The third-order valence-corrected chi connectivity index (χ3v) is 6.28. The van der Waals surface area contributed by atoms with Crippen LogP contribution in [0.15, 0.2) is 58.8 Å². The number of benzene rings is 2. The number of hydrazone groups is 1. The van der Waals surface area contributed by atoms with E-state index in [4.69, 9.17) is 4.84 Å². The number of amidine groups is 1. The molecule has 0 aromatic heterocycles. The van der Waals surface area contributed by atoms with Gasteiger partial charge in [-0.25, -0.2) is 13.8 Å². The highest BCUT2D eigenvalue weighted by molar-refractivity contribution is 8.15. The SMILES string of the molecule is CC(=O)NC(C)=NOCCC1(c2ccccc2)SC(c2cc(F)ccc2F)=NN1C(=O)C(C)O. The molecule has 0 saturated heterocycles. The third kappa shape index (κ3) is 5.60. The number of aliphatic hydroxyl groups excluding tert-OH is 1. The van der Waals surface area contributed by atoms with Crippen molar-refractivity contribution in [2.45, 2.75) is 38.2 Å². The summed E-state index contributed by atoms with van der Waals surface area (Å²) in [6, 6.07) is 11.8. The largest absolute Gasteiger partial charge is 0.394 e. The Labute approximate surface area is 199 Å². The Morgan fingerprint density at radius 1 is 1.24 bits per heavy atom. The van der Waals surface area contributed by atoms with E-state index in [-0.39, 0.29) is 35.4 Å². The van der Waals surface area contributed by atoms with Crippen LogP contribution in [0.1, 0.15) is 38.3 Å². The molecule has 180 valence electrons. The molecule has 0 bridgehead atoms. The number of nitrogens with zero attached hydrogens (tertiary/aromatic N) is 3. The van der Waals surface area contributed by atoms with Crippen LogP contribution < -0.4 is 5.32 Å². The predicted molar refractivity (Wildman–Crippen MR) is 125 cm³/mol. The molecule has 1 heterocycles. The zero-order chi connectivity index (χ0) is 24.9. The minimum atomic E-state index is -1.40. The lowest BCUT2D eigenvalue weighted by molar-refractivity contribution is -0.143. The van der Waals surface area contributed by atoms with Crippen molar-refractivity contribution >= 4 is 34.5 Å². The first kappa shape index (κ1) is 25.3. The van der Waals surface area contributed by atoms with Crippen molar-refractivity contribution < 1.29 is 28.3 Å². The van der Waals surface area contributed by atoms with Gasteiger partial charge in [-0.15, -0.1) is 0 Å². The van der Waals surface area contributed by atoms with Crippen LogP contribution in [0.2, 0.25) is 0 Å². The lowest BCUT2D eigenvalue weighted by Gasteiger charge is -2.36. The van der Waals surface area contributed by atoms with Gasteiger partial charge in [0.15, 0.2) is 0 Å². The van der Waals surface area contributed by atoms with Gasteiger partial charge >= 0.3 is 0 Å². The van der Waals surface area contributed by atoms with Gasteiger partial charge in [0.2, 0.25) is 5.91 Å². The number of aliphatic hydroxyl groups is 1. The molecule has 0 spiro atoms. The summed E-state index contributed by atoms with van der Waals surface area (Å²) in [5.41, 5.74) is 0.530. The first-order valence-electron chi connectivity index (χ1n) is 10.4. The number of hydrogen-bond donors (Lipinski definition) is 2. The lowest BCUT2D eigenvalue weighted by atomic mass is 10.0. The molecule has 2 atom stereocenters. The smallest absolute Gasteiger partial charge is 0.272 e. The van der Waals surface area contributed by atoms with Crippen molar-refractivity contribution in [2.24, 2.45) is 10.3 Å². The molecule has 1 aliphatic rings. The standard InChI is InChI=1S/C23H24F2N4O4S/c1-14(30)22(32)29-23(17-7-5-4-6-8-17,11-12-33-28-15(2)26-16(3)31)34-21(27-29)19-13-18(24)9-10-20(19)25/h4-10,13-14,30H,11-12H2,1-3H3,(H,26,28,31). The van der Waals surface area contributed by atoms with Crippen LogP contribution in [0.3, 0.4) is 0 Å². The van der Waals surface area contributed by atoms with Gasteiger partial charge in [0, 0.05) is 18.9 Å². The Bertz CT molecular complexity index is 1130. The number of nitrogens with one attached hydrogen (secondary N) is 1. The van der Waals surface area contributed by atoms with Crippen molar-refractivity contribution in [3.63, 3.8) is 0 Å². The van der Waals surface area contributed by atoms with Gasteiger partial charge < -0.3 is 15.3 Å². The van der Waals surface area contributed by atoms with Gasteiger partial charge in [-0.05, 0) is 37.6 Å². The summed E-state index contributed by atoms with van der Waals surface area (Å²) in [7, 11) is 0. The second-order valence-electron chi connectivity index (χ2n) is 7.55. The van der Waals surface area contributed by atoms with E-state index in [2.05, 4.69) is 15.6 Å². The quantitative estimate of drug-likeness (QED) is 0.268. The first-order chi connectivity index (χ1) is 16.1. The molecule has 0 fully saturated rings. The van der Waals surface area contributed by atoms with Crippen LogP contribution in [-0.4, -0.2) is 45.5 Å². The van der Waals surface area contributed by atoms with E-state index in [9.17, 15) is 23.5 Å². The maximum Gasteiger partial charge on any atom is 0.272 e. The molecule has 2 unspecified atom stereocenters. The molecule has 34 heavy (non-hydrogen) atoms. The maximum atomic E-state index is 14.6. The average Bonchev–Trinajstić information content (AvgIpc) is 3.18. The van der Waals surface area contributed by atoms with Gasteiger partial charge in [-0.1, -0.05) is 47.2 Å². The Kier molecular flexibility index (Phi) is 8.00. The predicted octanol–water partition coefficient (Wildman–Crippen LogP) is 3.31. The summed E-state index contributed by atoms with van der Waals surface area (Å²) in [5, 5.41) is 21.8. The molecule has 2 N–H and O–H groups in total. The van der Waals surface area contributed by atoms with Gasteiger partial charge in [-0.3, -0.25) is 9.59 Å². The van der Waals surface area contributed by atoms with Crippen molar-refractivity contribution in [3.8, 4) is 0 Å². The fourth-order valence-electron chi connectivity index (χ4n) is 3.35. The Morgan fingerprint density at radius 2 is 1.94 bits per heavy atom. The van der Waals surface area contributed by atoms with E-state index in [1.54, 1.807) is 37.3 Å². The third-order valence-electron chi connectivity index (χ3n) is 4.84. The summed E-state index contributed by atoms with van der Waals surface area (Å²) in [6.45, 7) is 4.17. The van der Waals surface area contributed by atoms with E-state index in [0.717, 1.165) is 35.0 Å². The van der Waals surface area contributed by atoms with Crippen molar-refractivity contribution in [1.29, 1.82) is 0 Å². The van der Waals surface area contributed by atoms with Gasteiger partial charge in [0.1, 0.15) is 40.1 Å². The Morgan fingerprint density at radius 3 is 2.59 bits per heavy atom. The number of halogens is 2. The average molecular weight is 491 g/mol. The van der Waals surface area contributed by atoms with E-state index in [1.165, 1.54) is 13.8 Å². The minimum absolute atomic E-state index is 0.0170. The molecule has 0 radical (unpaired) electrons. The van der Waals surface area contributed by atoms with E-state index in [0.29, 0.717) is 5.56 Å². The minimum Gasteiger partial charge on any atom is -0.394 e. The molecule has 0 saturated carbocycles. The normalized spacial score (nSPS) is 18.9. The number of carbonyl (C=O) groups excluding carboxylic acids is 2. The molecular weight excluding hydrogens is 466 g/mol. The van der Waals surface area contributed by atoms with Crippen LogP contribution >= 0.6 is 11.8 Å². The lowest BCUT2D eigenvalue weighted by Crippen LogP contribution is -2.45. The molecule has 2 amide bonds. The molecule has 8 nitrogen and oxygen atoms in total. The fraction of sp³-hybridized carbons (Fsp3) is 0.304. The van der Waals surface area contributed by atoms with Gasteiger partial charge in [0.05, 0.1) is 0 Å². The molecule has 0 aliphatic carbocycles. The zero-order valence-electron chi connectivity index (χ0n) is 18.8. The van der Waals surface area contributed by atoms with Crippen LogP contribution in [-0.2, 0) is 19.3 Å². The van der Waals surface area contributed by atoms with Gasteiger partial charge in [-0.2, -0.15) is 5.10 Å². The van der Waals surface area contributed by atoms with Crippen molar-refractivity contribution in [3.05, 3.63) is 71.3 Å². The molecule has 3 rings (SSSR count). The second kappa shape index (κ2) is 10.7. The van der Waals surface area contributed by atoms with E-state index in [1.807, 2.05) is 0 Å². The number of thioether (sulfide) groups is 1. The molecule has 2 aromatic carbocycles. The van der Waals surface area contributed by atoms with Crippen LogP contribution in [0, 0.1) is 11.6 Å². The zero-order valence-corrected chi connectivity index (χ0v) is 19.6. The Balaban J connectivity index is 2.01. The van der Waals surface area contributed by atoms with Crippen LogP contribution in [0.4, 0.5) is 8.78 Å². The van der Waals surface area contributed by atoms with Crippen LogP contribution in [0.25, 0.3) is 0 Å². The van der Waals surface area contributed by atoms with Crippen LogP contribution in [0.5, 0.6) is 0 Å². The van der Waals surface area contributed by atoms with E-state index >= 15 is 0 Å². The number of oxime groups is 1. The first-order valence-corrected chi connectivity index (χ1v) is 11.2. The molecule has 1 aliphatic heterocycles. The highest BCUT2D eigenvalue weighted by Crippen LogP contribution is 2.50. The molecular formula is C23H24F2N4O4S.